The number of hydrogen-bond acceptors (Lipinski definition) is 3. The summed E-state index contributed by atoms with van der Waals surface area (Å²) in [5.41, 5.74) is 8.06. The first-order valence-electron chi connectivity index (χ1n) is 7.67. The van der Waals surface area contributed by atoms with E-state index in [1.165, 1.54) is 18.4 Å². The Kier molecular flexibility index (Phi) is 3.77. The van der Waals surface area contributed by atoms with Gasteiger partial charge in [-0.25, -0.2) is 0 Å². The number of rotatable bonds is 6. The van der Waals surface area contributed by atoms with Gasteiger partial charge in [-0.2, -0.15) is 0 Å². The molecule has 2 aromatic rings. The minimum Gasteiger partial charge on any atom is -0.468 e. The van der Waals surface area contributed by atoms with Crippen molar-refractivity contribution in [2.75, 3.05) is 12.3 Å². The van der Waals surface area contributed by atoms with Crippen LogP contribution in [0.15, 0.2) is 47.1 Å². The Balaban J connectivity index is 1.73. The Bertz CT molecular complexity index is 568. The topological polar surface area (TPSA) is 42.4 Å². The SMILES string of the molecule is CC(C)(CN(Cc1ccco1)C1CC1)c1ccc(N)cc1. The number of benzene rings is 1. The second kappa shape index (κ2) is 5.57. The fourth-order valence-electron chi connectivity index (χ4n) is 2.89. The number of furan rings is 1. The van der Waals surface area contributed by atoms with Crippen molar-refractivity contribution >= 4 is 5.69 Å². The molecule has 1 fully saturated rings. The molecule has 3 nitrogen and oxygen atoms in total. The maximum Gasteiger partial charge on any atom is 0.117 e. The van der Waals surface area contributed by atoms with Gasteiger partial charge in [0.25, 0.3) is 0 Å². The lowest BCUT2D eigenvalue weighted by atomic mass is 9.84. The van der Waals surface area contributed by atoms with Crippen molar-refractivity contribution in [2.24, 2.45) is 0 Å². The average Bonchev–Trinajstić information content (AvgIpc) is 3.17. The number of anilines is 1. The first-order valence-corrected chi connectivity index (χ1v) is 7.67. The second-order valence-electron chi connectivity index (χ2n) is 6.72. The zero-order valence-electron chi connectivity index (χ0n) is 12.9. The highest BCUT2D eigenvalue weighted by molar-refractivity contribution is 5.41. The summed E-state index contributed by atoms with van der Waals surface area (Å²) in [5.74, 6) is 1.05. The summed E-state index contributed by atoms with van der Waals surface area (Å²) in [5, 5.41) is 0. The van der Waals surface area contributed by atoms with Crippen molar-refractivity contribution in [3.05, 3.63) is 54.0 Å². The Morgan fingerprint density at radius 1 is 1.19 bits per heavy atom. The van der Waals surface area contributed by atoms with E-state index in [1.54, 1.807) is 6.26 Å². The molecule has 1 aromatic heterocycles. The van der Waals surface area contributed by atoms with Crippen LogP contribution in [0, 0.1) is 0 Å². The summed E-state index contributed by atoms with van der Waals surface area (Å²) in [6.45, 7) is 6.53. The summed E-state index contributed by atoms with van der Waals surface area (Å²) in [4.78, 5) is 2.55. The molecule has 0 aliphatic heterocycles. The Hall–Kier alpha value is -1.74. The van der Waals surface area contributed by atoms with Crippen LogP contribution in [0.1, 0.15) is 38.0 Å². The van der Waals surface area contributed by atoms with Gasteiger partial charge in [0.05, 0.1) is 12.8 Å². The fourth-order valence-corrected chi connectivity index (χ4v) is 2.89. The minimum absolute atomic E-state index is 0.100. The summed E-state index contributed by atoms with van der Waals surface area (Å²) in [7, 11) is 0. The number of nitrogen functional groups attached to an aromatic ring is 1. The van der Waals surface area contributed by atoms with Crippen LogP contribution in [0.2, 0.25) is 0 Å². The molecule has 0 bridgehead atoms. The van der Waals surface area contributed by atoms with Crippen LogP contribution in [0.5, 0.6) is 0 Å². The third kappa shape index (κ3) is 3.48. The monoisotopic (exact) mass is 284 g/mol. The second-order valence-corrected chi connectivity index (χ2v) is 6.72. The molecule has 0 saturated heterocycles. The van der Waals surface area contributed by atoms with Gasteiger partial charge in [0.2, 0.25) is 0 Å². The van der Waals surface area contributed by atoms with E-state index in [0.29, 0.717) is 6.04 Å². The summed E-state index contributed by atoms with van der Waals surface area (Å²) < 4.78 is 5.52. The number of hydrogen-bond donors (Lipinski definition) is 1. The third-order valence-electron chi connectivity index (χ3n) is 4.29. The zero-order valence-corrected chi connectivity index (χ0v) is 12.9. The van der Waals surface area contributed by atoms with Gasteiger partial charge >= 0.3 is 0 Å². The summed E-state index contributed by atoms with van der Waals surface area (Å²) in [6.07, 6.45) is 4.36. The van der Waals surface area contributed by atoms with E-state index in [4.69, 9.17) is 10.2 Å². The number of nitrogens with two attached hydrogens (primary N) is 1. The standard InChI is InChI=1S/C18H24N2O/c1-18(2,14-5-7-15(19)8-6-14)13-20(16-9-10-16)12-17-4-3-11-21-17/h3-8,11,16H,9-10,12-13,19H2,1-2H3. The third-order valence-corrected chi connectivity index (χ3v) is 4.29. The molecular weight excluding hydrogens is 260 g/mol. The quantitative estimate of drug-likeness (QED) is 0.820. The Morgan fingerprint density at radius 2 is 1.90 bits per heavy atom. The van der Waals surface area contributed by atoms with Gasteiger partial charge in [0.15, 0.2) is 0 Å². The van der Waals surface area contributed by atoms with E-state index in [1.807, 2.05) is 18.2 Å². The Morgan fingerprint density at radius 3 is 2.48 bits per heavy atom. The molecular formula is C18H24N2O. The van der Waals surface area contributed by atoms with Crippen molar-refractivity contribution in [2.45, 2.75) is 44.7 Å². The highest BCUT2D eigenvalue weighted by Gasteiger charge is 2.34. The van der Waals surface area contributed by atoms with Gasteiger partial charge < -0.3 is 10.2 Å². The first kappa shape index (κ1) is 14.2. The van der Waals surface area contributed by atoms with E-state index in [0.717, 1.165) is 24.5 Å². The lowest BCUT2D eigenvalue weighted by Gasteiger charge is -2.33. The highest BCUT2D eigenvalue weighted by Crippen LogP contribution is 2.33. The lowest BCUT2D eigenvalue weighted by molar-refractivity contribution is 0.191. The molecule has 21 heavy (non-hydrogen) atoms. The maximum absolute atomic E-state index is 5.80. The van der Waals surface area contributed by atoms with Gasteiger partial charge in [-0.1, -0.05) is 26.0 Å². The van der Waals surface area contributed by atoms with Gasteiger partial charge in [-0.15, -0.1) is 0 Å². The molecule has 0 spiro atoms. The highest BCUT2D eigenvalue weighted by atomic mass is 16.3. The van der Waals surface area contributed by atoms with Crippen molar-refractivity contribution in [3.8, 4) is 0 Å². The van der Waals surface area contributed by atoms with Crippen molar-refractivity contribution in [3.63, 3.8) is 0 Å². The van der Waals surface area contributed by atoms with E-state index in [-0.39, 0.29) is 5.41 Å². The molecule has 1 aromatic carbocycles. The van der Waals surface area contributed by atoms with E-state index in [9.17, 15) is 0 Å². The van der Waals surface area contributed by atoms with Crippen LogP contribution in [-0.2, 0) is 12.0 Å². The predicted octanol–water partition coefficient (Wildman–Crippen LogP) is 3.80. The van der Waals surface area contributed by atoms with E-state index >= 15 is 0 Å². The molecule has 0 atom stereocenters. The van der Waals surface area contributed by atoms with Crippen molar-refractivity contribution in [1.29, 1.82) is 0 Å². The van der Waals surface area contributed by atoms with E-state index in [2.05, 4.69) is 36.9 Å². The van der Waals surface area contributed by atoms with Crippen LogP contribution >= 0.6 is 0 Å². The average molecular weight is 284 g/mol. The van der Waals surface area contributed by atoms with E-state index < -0.39 is 0 Å². The molecule has 3 rings (SSSR count). The molecule has 2 N–H and O–H groups in total. The predicted molar refractivity (Wildman–Crippen MR) is 86.0 cm³/mol. The van der Waals surface area contributed by atoms with Crippen molar-refractivity contribution < 1.29 is 4.42 Å². The molecule has 1 aliphatic rings. The normalized spacial score (nSPS) is 15.6. The summed E-state index contributed by atoms with van der Waals surface area (Å²) >= 11 is 0. The van der Waals surface area contributed by atoms with Crippen LogP contribution in [0.25, 0.3) is 0 Å². The largest absolute Gasteiger partial charge is 0.468 e. The summed E-state index contributed by atoms with van der Waals surface area (Å²) in [6, 6.07) is 13.0. The molecule has 0 amide bonds. The van der Waals surface area contributed by atoms with Gasteiger partial charge in [-0.05, 0) is 42.7 Å². The minimum atomic E-state index is 0.100. The molecule has 1 saturated carbocycles. The van der Waals surface area contributed by atoms with Crippen molar-refractivity contribution in [1.82, 2.24) is 4.90 Å². The Labute approximate surface area is 126 Å². The lowest BCUT2D eigenvalue weighted by Crippen LogP contribution is -2.38. The van der Waals surface area contributed by atoms with Gasteiger partial charge in [-0.3, -0.25) is 4.90 Å². The van der Waals surface area contributed by atoms with Crippen LogP contribution in [-0.4, -0.2) is 17.5 Å². The van der Waals surface area contributed by atoms with Gasteiger partial charge in [0.1, 0.15) is 5.76 Å². The van der Waals surface area contributed by atoms with Crippen LogP contribution in [0.4, 0.5) is 5.69 Å². The molecule has 1 aliphatic carbocycles. The maximum atomic E-state index is 5.80. The molecule has 0 radical (unpaired) electrons. The zero-order chi connectivity index (χ0) is 14.9. The van der Waals surface area contributed by atoms with Crippen LogP contribution in [0.3, 0.4) is 0 Å². The van der Waals surface area contributed by atoms with Gasteiger partial charge in [0, 0.05) is 23.7 Å². The molecule has 1 heterocycles. The molecule has 3 heteroatoms. The molecule has 0 unspecified atom stereocenters. The smallest absolute Gasteiger partial charge is 0.117 e. The number of nitrogens with zero attached hydrogens (tertiary/aromatic N) is 1. The fraction of sp³-hybridized carbons (Fsp3) is 0.444. The van der Waals surface area contributed by atoms with Crippen LogP contribution < -0.4 is 5.73 Å². The first-order chi connectivity index (χ1) is 10.0. The molecule has 112 valence electrons.